The van der Waals surface area contributed by atoms with Gasteiger partial charge in [-0.15, -0.1) is 0 Å². The molecule has 0 aliphatic rings. The molecule has 45 heavy (non-hydrogen) atoms. The van der Waals surface area contributed by atoms with Crippen molar-refractivity contribution in [3.05, 3.63) is 155 Å². The Morgan fingerprint density at radius 1 is 0.578 bits per heavy atom. The quantitative estimate of drug-likeness (QED) is 0.128. The van der Waals surface area contributed by atoms with Crippen molar-refractivity contribution >= 4 is 23.1 Å². The Morgan fingerprint density at radius 2 is 0.867 bits per heavy atom. The van der Waals surface area contributed by atoms with Crippen molar-refractivity contribution in [3.8, 4) is 12.1 Å². The fourth-order valence-electron chi connectivity index (χ4n) is 4.68. The van der Waals surface area contributed by atoms with Gasteiger partial charge in [-0.3, -0.25) is 0 Å². The molecule has 0 aromatic heterocycles. The van der Waals surface area contributed by atoms with Gasteiger partial charge in [0.25, 0.3) is 0 Å². The Morgan fingerprint density at radius 3 is 1.11 bits per heavy atom. The molecular weight excluding hydrogens is 568 g/mol. The van der Waals surface area contributed by atoms with Crippen molar-refractivity contribution in [2.75, 3.05) is 19.8 Å². The fourth-order valence-corrected chi connectivity index (χ4v) is 4.68. The number of aliphatic hydroxyl groups excluding tert-OH is 1. The first-order valence-electron chi connectivity index (χ1n) is 14.1. The molecule has 4 rings (SSSR count). The van der Waals surface area contributed by atoms with E-state index >= 15 is 0 Å². The number of aliphatic hydroxyl groups is 2. The first-order valence-corrected chi connectivity index (χ1v) is 14.1. The summed E-state index contributed by atoms with van der Waals surface area (Å²) in [6.07, 6.45) is -0.320. The smallest absolute Gasteiger partial charge is 0.349 e. The number of ether oxygens (including phenoxy) is 2. The van der Waals surface area contributed by atoms with Crippen LogP contribution in [0.25, 0.3) is 11.1 Å². The van der Waals surface area contributed by atoms with Crippen molar-refractivity contribution in [2.45, 2.75) is 12.0 Å². The van der Waals surface area contributed by atoms with Gasteiger partial charge in [-0.25, -0.2) is 9.59 Å². The van der Waals surface area contributed by atoms with E-state index in [2.05, 4.69) is 0 Å². The molecule has 0 spiro atoms. The van der Waals surface area contributed by atoms with Gasteiger partial charge in [-0.1, -0.05) is 121 Å². The number of hydrogen-bond donors (Lipinski definition) is 2. The van der Waals surface area contributed by atoms with Gasteiger partial charge >= 0.3 is 11.9 Å². The predicted octanol–water partition coefficient (Wildman–Crippen LogP) is 5.24. The Kier molecular flexibility index (Phi) is 11.1. The fraction of sp³-hybridized carbons (Fsp3) is 0.135. The number of nitrogens with zero attached hydrogens (tertiary/aromatic N) is 2. The Balaban J connectivity index is 1.59. The van der Waals surface area contributed by atoms with E-state index in [0.717, 1.165) is 0 Å². The summed E-state index contributed by atoms with van der Waals surface area (Å²) in [6, 6.07) is 39.4. The minimum absolute atomic E-state index is 0.291. The highest BCUT2D eigenvalue weighted by atomic mass is 16.6. The molecule has 4 aromatic carbocycles. The van der Waals surface area contributed by atoms with Crippen LogP contribution in [-0.2, 0) is 19.1 Å². The molecular formula is C37H30N2O6. The van der Waals surface area contributed by atoms with E-state index < -0.39 is 37.4 Å². The van der Waals surface area contributed by atoms with Gasteiger partial charge in [-0.2, -0.15) is 10.5 Å². The topological polar surface area (TPSA) is 141 Å². The van der Waals surface area contributed by atoms with Crippen LogP contribution >= 0.6 is 0 Å². The summed E-state index contributed by atoms with van der Waals surface area (Å²) in [7, 11) is 0. The maximum Gasteiger partial charge on any atom is 0.349 e. The SMILES string of the molecule is N#CC(C(=O)OCC(O)(CCO)COC(=O)C(C#N)=C(c1ccccc1)c1ccccc1)=C(c1ccccc1)c1ccccc1. The van der Waals surface area contributed by atoms with Crippen LogP contribution in [0.1, 0.15) is 28.7 Å². The van der Waals surface area contributed by atoms with Crippen molar-refractivity contribution in [1.82, 2.24) is 0 Å². The van der Waals surface area contributed by atoms with Crippen LogP contribution in [0.5, 0.6) is 0 Å². The summed E-state index contributed by atoms with van der Waals surface area (Å²) < 4.78 is 10.8. The van der Waals surface area contributed by atoms with Crippen LogP contribution in [0.3, 0.4) is 0 Å². The van der Waals surface area contributed by atoms with E-state index in [1.54, 1.807) is 97.1 Å². The minimum atomic E-state index is -2.01. The van der Waals surface area contributed by atoms with Crippen LogP contribution in [-0.4, -0.2) is 47.6 Å². The van der Waals surface area contributed by atoms with Gasteiger partial charge in [-0.05, 0) is 22.3 Å². The second-order valence-corrected chi connectivity index (χ2v) is 10.0. The lowest BCUT2D eigenvalue weighted by molar-refractivity contribution is -0.159. The number of rotatable bonds is 12. The van der Waals surface area contributed by atoms with Crippen molar-refractivity contribution in [3.63, 3.8) is 0 Å². The van der Waals surface area contributed by atoms with Gasteiger partial charge in [0, 0.05) is 24.2 Å². The van der Waals surface area contributed by atoms with E-state index in [-0.39, 0.29) is 17.6 Å². The number of esters is 2. The van der Waals surface area contributed by atoms with E-state index in [1.165, 1.54) is 0 Å². The summed E-state index contributed by atoms with van der Waals surface area (Å²) >= 11 is 0. The number of carbonyl (C=O) groups is 2. The normalized spacial score (nSPS) is 10.5. The Labute approximate surface area is 261 Å². The molecule has 8 nitrogen and oxygen atoms in total. The summed E-state index contributed by atoms with van der Waals surface area (Å²) in [5, 5.41) is 40.9. The Hall–Kier alpha value is -5.80. The number of hydrogen-bond acceptors (Lipinski definition) is 8. The molecule has 8 heteroatoms. The molecule has 0 aliphatic heterocycles. The highest BCUT2D eigenvalue weighted by molar-refractivity contribution is 6.06. The third-order valence-corrected chi connectivity index (χ3v) is 6.90. The molecule has 2 N–H and O–H groups in total. The third-order valence-electron chi connectivity index (χ3n) is 6.90. The zero-order valence-corrected chi connectivity index (χ0v) is 24.3. The minimum Gasteiger partial charge on any atom is -0.458 e. The summed E-state index contributed by atoms with van der Waals surface area (Å²) in [6.45, 7) is -1.92. The molecule has 4 aromatic rings. The van der Waals surface area contributed by atoms with E-state index in [4.69, 9.17) is 9.47 Å². The van der Waals surface area contributed by atoms with Crippen LogP contribution in [0.4, 0.5) is 0 Å². The zero-order chi connectivity index (χ0) is 32.1. The second kappa shape index (κ2) is 15.6. The average molecular weight is 599 g/mol. The molecule has 0 fully saturated rings. The molecule has 0 unspecified atom stereocenters. The molecule has 224 valence electrons. The average Bonchev–Trinajstić information content (AvgIpc) is 3.09. The van der Waals surface area contributed by atoms with Crippen molar-refractivity contribution in [2.24, 2.45) is 0 Å². The van der Waals surface area contributed by atoms with Crippen LogP contribution in [0, 0.1) is 22.7 Å². The predicted molar refractivity (Wildman–Crippen MR) is 168 cm³/mol. The lowest BCUT2D eigenvalue weighted by atomic mass is 9.93. The van der Waals surface area contributed by atoms with Gasteiger partial charge in [0.15, 0.2) is 0 Å². The summed E-state index contributed by atoms with van der Waals surface area (Å²) in [4.78, 5) is 26.5. The van der Waals surface area contributed by atoms with Gasteiger partial charge in [0.1, 0.15) is 42.1 Å². The lowest BCUT2D eigenvalue weighted by Crippen LogP contribution is -2.42. The number of carbonyl (C=O) groups excluding carboxylic acids is 2. The number of nitriles is 2. The van der Waals surface area contributed by atoms with E-state index in [1.807, 2.05) is 36.4 Å². The molecule has 0 saturated carbocycles. The molecule has 0 aliphatic carbocycles. The first kappa shape index (κ1) is 32.1. The first-order chi connectivity index (χ1) is 21.9. The standard InChI is InChI=1S/C37H30N2O6/c38-23-31(33(27-13-5-1-6-14-27)28-15-7-2-8-16-28)35(41)44-25-37(43,21-22-40)26-45-36(42)32(24-39)34(29-17-9-3-10-18-29)30-19-11-4-12-20-30/h1-20,40,43H,21-22,25-26H2. The maximum atomic E-state index is 13.3. The largest absolute Gasteiger partial charge is 0.458 e. The molecule has 0 atom stereocenters. The van der Waals surface area contributed by atoms with Gasteiger partial charge in [0.2, 0.25) is 0 Å². The highest BCUT2D eigenvalue weighted by Gasteiger charge is 2.33. The molecule has 0 amide bonds. The molecule has 0 heterocycles. The van der Waals surface area contributed by atoms with Crippen LogP contribution < -0.4 is 0 Å². The van der Waals surface area contributed by atoms with E-state index in [0.29, 0.717) is 33.4 Å². The van der Waals surface area contributed by atoms with Crippen molar-refractivity contribution in [1.29, 1.82) is 10.5 Å². The highest BCUT2D eigenvalue weighted by Crippen LogP contribution is 2.29. The third kappa shape index (κ3) is 8.19. The molecule has 0 bridgehead atoms. The summed E-state index contributed by atoms with van der Waals surface area (Å²) in [5.74, 6) is -2.01. The second-order valence-electron chi connectivity index (χ2n) is 10.0. The van der Waals surface area contributed by atoms with E-state index in [9.17, 15) is 30.3 Å². The van der Waals surface area contributed by atoms with Gasteiger partial charge < -0.3 is 19.7 Å². The molecule has 0 radical (unpaired) electrons. The van der Waals surface area contributed by atoms with Crippen LogP contribution in [0.15, 0.2) is 132 Å². The summed E-state index contributed by atoms with van der Waals surface area (Å²) in [5.41, 5.74) is 0.543. The van der Waals surface area contributed by atoms with Crippen LogP contribution in [0.2, 0.25) is 0 Å². The van der Waals surface area contributed by atoms with Crippen molar-refractivity contribution < 1.29 is 29.3 Å². The number of benzene rings is 4. The van der Waals surface area contributed by atoms with Gasteiger partial charge in [0.05, 0.1) is 0 Å². The zero-order valence-electron chi connectivity index (χ0n) is 24.3. The lowest BCUT2D eigenvalue weighted by Gasteiger charge is -2.26. The maximum absolute atomic E-state index is 13.3. The monoisotopic (exact) mass is 598 g/mol. The Bertz CT molecular complexity index is 1540. The molecule has 0 saturated heterocycles.